The van der Waals surface area contributed by atoms with Crippen molar-refractivity contribution in [1.29, 1.82) is 0 Å². The Hall–Kier alpha value is -1.22. The van der Waals surface area contributed by atoms with Crippen LogP contribution in [0, 0.1) is 0 Å². The van der Waals surface area contributed by atoms with Gasteiger partial charge in [0.15, 0.2) is 0 Å². The lowest BCUT2D eigenvalue weighted by molar-refractivity contribution is -0.130. The Morgan fingerprint density at radius 3 is 1.86 bits per heavy atom. The summed E-state index contributed by atoms with van der Waals surface area (Å²) in [4.78, 5) is 13.9. The van der Waals surface area contributed by atoms with E-state index in [1.165, 1.54) is 0 Å². The number of hydrogen-bond donors (Lipinski definition) is 0. The molecule has 2 aromatic carbocycles. The van der Waals surface area contributed by atoms with E-state index in [4.69, 9.17) is 34.8 Å². The van der Waals surface area contributed by atoms with Gasteiger partial charge in [-0.25, -0.2) is 0 Å². The number of hydrogen-bond acceptors (Lipinski definition) is 1. The van der Waals surface area contributed by atoms with Crippen molar-refractivity contribution in [2.24, 2.45) is 0 Å². The average molecular weight is 357 g/mol. The smallest absolute Gasteiger partial charge is 0.275 e. The van der Waals surface area contributed by atoms with Crippen LogP contribution >= 0.6 is 34.8 Å². The lowest BCUT2D eigenvalue weighted by Gasteiger charge is -2.26. The average Bonchev–Trinajstić information content (AvgIpc) is 2.52. The summed E-state index contributed by atoms with van der Waals surface area (Å²) in [5.74, 6) is -0.503. The Morgan fingerprint density at radius 2 is 1.36 bits per heavy atom. The fourth-order valence-electron chi connectivity index (χ4n) is 2.14. The number of amides is 1. The van der Waals surface area contributed by atoms with Crippen molar-refractivity contribution in [3.05, 3.63) is 71.8 Å². The van der Waals surface area contributed by atoms with Gasteiger partial charge in [0, 0.05) is 13.1 Å². The van der Waals surface area contributed by atoms with Crippen LogP contribution in [0.4, 0.5) is 0 Å². The molecule has 0 aliphatic carbocycles. The highest BCUT2D eigenvalue weighted by molar-refractivity contribution is 6.76. The fraction of sp³-hybridized carbons (Fsp3) is 0.235. The molecule has 0 saturated carbocycles. The zero-order valence-corrected chi connectivity index (χ0v) is 14.2. The summed E-state index contributed by atoms with van der Waals surface area (Å²) in [5.41, 5.74) is 2.14. The quantitative estimate of drug-likeness (QED) is 0.715. The number of nitrogens with zero attached hydrogens (tertiary/aromatic N) is 1. The summed E-state index contributed by atoms with van der Waals surface area (Å²) in [6.07, 6.45) is 0.708. The van der Waals surface area contributed by atoms with Crippen molar-refractivity contribution < 1.29 is 4.79 Å². The molecule has 0 atom stereocenters. The molecule has 0 aromatic heterocycles. The van der Waals surface area contributed by atoms with E-state index in [-0.39, 0.29) is 0 Å². The van der Waals surface area contributed by atoms with Crippen LogP contribution in [-0.2, 0) is 17.8 Å². The highest BCUT2D eigenvalue weighted by atomic mass is 35.6. The summed E-state index contributed by atoms with van der Waals surface area (Å²) in [6.45, 7) is 0.909. The van der Waals surface area contributed by atoms with Gasteiger partial charge < -0.3 is 4.90 Å². The summed E-state index contributed by atoms with van der Waals surface area (Å²) in [5, 5.41) is 0. The van der Waals surface area contributed by atoms with E-state index >= 15 is 0 Å². The highest BCUT2D eigenvalue weighted by Crippen LogP contribution is 2.29. The molecular weight excluding hydrogens is 341 g/mol. The SMILES string of the molecule is O=C(N(CCc1ccccc1)Cc1ccccc1)C(Cl)(Cl)Cl. The van der Waals surface area contributed by atoms with Gasteiger partial charge in [0.25, 0.3) is 9.70 Å². The van der Waals surface area contributed by atoms with Crippen LogP contribution < -0.4 is 0 Å². The van der Waals surface area contributed by atoms with Crippen LogP contribution in [-0.4, -0.2) is 21.1 Å². The molecule has 0 aliphatic heterocycles. The molecule has 0 N–H and O–H groups in total. The lowest BCUT2D eigenvalue weighted by atomic mass is 10.1. The molecule has 116 valence electrons. The molecular formula is C17H16Cl3NO. The first-order chi connectivity index (χ1) is 10.5. The maximum Gasteiger partial charge on any atom is 0.275 e. The Balaban J connectivity index is 2.09. The zero-order chi connectivity index (χ0) is 16.0. The van der Waals surface area contributed by atoms with E-state index in [1.807, 2.05) is 60.7 Å². The van der Waals surface area contributed by atoms with Crippen molar-refractivity contribution in [2.75, 3.05) is 6.54 Å². The van der Waals surface area contributed by atoms with E-state index in [2.05, 4.69) is 0 Å². The standard InChI is InChI=1S/C17H16Cl3NO/c18-17(19,20)16(22)21(13-15-9-5-2-6-10-15)12-11-14-7-3-1-4-8-14/h1-10H,11-13H2. The Labute approximate surface area is 145 Å². The van der Waals surface area contributed by atoms with E-state index in [0.717, 1.165) is 11.1 Å². The molecule has 0 radical (unpaired) electrons. The van der Waals surface area contributed by atoms with Gasteiger partial charge in [0.05, 0.1) is 0 Å². The number of carbonyl (C=O) groups excluding carboxylic acids is 1. The molecule has 22 heavy (non-hydrogen) atoms. The predicted octanol–water partition coefficient (Wildman–Crippen LogP) is 4.63. The molecule has 2 nitrogen and oxygen atoms in total. The van der Waals surface area contributed by atoms with Crippen LogP contribution in [0.2, 0.25) is 0 Å². The van der Waals surface area contributed by atoms with Gasteiger partial charge in [0.1, 0.15) is 0 Å². The van der Waals surface area contributed by atoms with Gasteiger partial charge in [-0.3, -0.25) is 4.79 Å². The number of carbonyl (C=O) groups is 1. The fourth-order valence-corrected chi connectivity index (χ4v) is 2.50. The van der Waals surface area contributed by atoms with E-state index < -0.39 is 9.70 Å². The first-order valence-electron chi connectivity index (χ1n) is 6.91. The third kappa shape index (κ3) is 5.20. The van der Waals surface area contributed by atoms with Crippen LogP contribution in [0.25, 0.3) is 0 Å². The van der Waals surface area contributed by atoms with Gasteiger partial charge in [-0.2, -0.15) is 0 Å². The van der Waals surface area contributed by atoms with Gasteiger partial charge in [-0.1, -0.05) is 95.5 Å². The number of alkyl halides is 3. The maximum atomic E-state index is 12.3. The zero-order valence-electron chi connectivity index (χ0n) is 11.9. The molecule has 1 amide bonds. The van der Waals surface area contributed by atoms with Crippen LogP contribution in [0.5, 0.6) is 0 Å². The van der Waals surface area contributed by atoms with Gasteiger partial charge in [-0.15, -0.1) is 0 Å². The minimum Gasteiger partial charge on any atom is -0.334 e. The van der Waals surface area contributed by atoms with Crippen molar-refractivity contribution in [3.63, 3.8) is 0 Å². The molecule has 0 aliphatic rings. The van der Waals surface area contributed by atoms with Crippen molar-refractivity contribution >= 4 is 40.7 Å². The first-order valence-corrected chi connectivity index (χ1v) is 8.04. The molecule has 0 fully saturated rings. The van der Waals surface area contributed by atoms with E-state index in [1.54, 1.807) is 4.90 Å². The van der Waals surface area contributed by atoms with E-state index in [9.17, 15) is 4.79 Å². The first kappa shape index (κ1) is 17.1. The van der Waals surface area contributed by atoms with Crippen LogP contribution in [0.15, 0.2) is 60.7 Å². The normalized spacial score (nSPS) is 11.2. The summed E-state index contributed by atoms with van der Waals surface area (Å²) in [7, 11) is 0. The molecule has 0 heterocycles. The molecule has 0 spiro atoms. The van der Waals surface area contributed by atoms with Crippen molar-refractivity contribution in [2.45, 2.75) is 16.8 Å². The predicted molar refractivity (Wildman–Crippen MR) is 92.3 cm³/mol. The van der Waals surface area contributed by atoms with Crippen LogP contribution in [0.3, 0.4) is 0 Å². The largest absolute Gasteiger partial charge is 0.334 e. The summed E-state index contributed by atoms with van der Waals surface area (Å²) < 4.78 is -1.94. The highest BCUT2D eigenvalue weighted by Gasteiger charge is 2.34. The second kappa shape index (κ2) is 7.87. The monoisotopic (exact) mass is 355 g/mol. The lowest BCUT2D eigenvalue weighted by Crippen LogP contribution is -2.40. The molecule has 5 heteroatoms. The maximum absolute atomic E-state index is 12.3. The van der Waals surface area contributed by atoms with Gasteiger partial charge in [0.2, 0.25) is 0 Å². The molecule has 2 aromatic rings. The molecule has 0 unspecified atom stereocenters. The van der Waals surface area contributed by atoms with Crippen molar-refractivity contribution in [1.82, 2.24) is 4.90 Å². The minimum absolute atomic E-state index is 0.417. The summed E-state index contributed by atoms with van der Waals surface area (Å²) in [6, 6.07) is 19.6. The summed E-state index contributed by atoms with van der Waals surface area (Å²) >= 11 is 17.3. The number of rotatable bonds is 5. The Kier molecular flexibility index (Phi) is 6.13. The second-order valence-corrected chi connectivity index (χ2v) is 7.23. The second-order valence-electron chi connectivity index (χ2n) is 4.95. The third-order valence-corrected chi connectivity index (χ3v) is 3.74. The van der Waals surface area contributed by atoms with Gasteiger partial charge in [-0.05, 0) is 17.5 Å². The Bertz CT molecular complexity index is 596. The van der Waals surface area contributed by atoms with E-state index in [0.29, 0.717) is 19.5 Å². The topological polar surface area (TPSA) is 20.3 Å². The van der Waals surface area contributed by atoms with Gasteiger partial charge >= 0.3 is 0 Å². The Morgan fingerprint density at radius 1 is 0.864 bits per heavy atom. The number of benzene rings is 2. The van der Waals surface area contributed by atoms with Crippen molar-refractivity contribution in [3.8, 4) is 0 Å². The molecule has 2 rings (SSSR count). The number of halogens is 3. The minimum atomic E-state index is -1.94. The third-order valence-electron chi connectivity index (χ3n) is 3.26. The molecule has 0 bridgehead atoms. The van der Waals surface area contributed by atoms with Crippen LogP contribution in [0.1, 0.15) is 11.1 Å². The molecule has 0 saturated heterocycles.